The smallest absolute Gasteiger partial charge is 0.410 e. The first-order chi connectivity index (χ1) is 9.31. The number of carbonyl (C=O) groups excluding carboxylic acids is 1. The lowest BCUT2D eigenvalue weighted by atomic mass is 9.93. The van der Waals surface area contributed by atoms with Gasteiger partial charge in [0.25, 0.3) is 0 Å². The minimum Gasteiger partial charge on any atom is -0.444 e. The van der Waals surface area contributed by atoms with Gasteiger partial charge in [0.2, 0.25) is 0 Å². The molecule has 1 aromatic carbocycles. The van der Waals surface area contributed by atoms with Crippen LogP contribution in [0.3, 0.4) is 0 Å². The summed E-state index contributed by atoms with van der Waals surface area (Å²) in [5.74, 6) is 0. The lowest BCUT2D eigenvalue weighted by Crippen LogP contribution is -2.44. The highest BCUT2D eigenvalue weighted by Gasteiger charge is 2.33. The number of ether oxygens (including phenoxy) is 1. The SMILES string of the molecule is CC(C)(C)OC(=O)N1CCc2ccc(Br)cc2C1CO. The molecule has 1 N–H and O–H groups in total. The number of amides is 1. The summed E-state index contributed by atoms with van der Waals surface area (Å²) in [7, 11) is 0. The van der Waals surface area contributed by atoms with Crippen molar-refractivity contribution in [3.8, 4) is 0 Å². The fourth-order valence-electron chi connectivity index (χ4n) is 2.40. The number of hydrogen-bond donors (Lipinski definition) is 1. The molecule has 0 radical (unpaired) electrons. The van der Waals surface area contributed by atoms with Crippen LogP contribution in [-0.2, 0) is 11.2 Å². The van der Waals surface area contributed by atoms with Crippen molar-refractivity contribution < 1.29 is 14.6 Å². The molecule has 2 rings (SSSR count). The number of carbonyl (C=O) groups is 1. The number of nitrogens with zero attached hydrogens (tertiary/aromatic N) is 1. The number of aliphatic hydroxyl groups is 1. The summed E-state index contributed by atoms with van der Waals surface area (Å²) in [6.07, 6.45) is 0.403. The molecule has 4 nitrogen and oxygen atoms in total. The number of fused-ring (bicyclic) bond motifs is 1. The summed E-state index contributed by atoms with van der Waals surface area (Å²) in [4.78, 5) is 13.9. The van der Waals surface area contributed by atoms with Crippen molar-refractivity contribution in [3.63, 3.8) is 0 Å². The normalized spacial score (nSPS) is 18.6. The molecule has 0 saturated heterocycles. The van der Waals surface area contributed by atoms with Crippen LogP contribution >= 0.6 is 15.9 Å². The first kappa shape index (κ1) is 15.3. The fraction of sp³-hybridized carbons (Fsp3) is 0.533. The second-order valence-corrected chi connectivity index (χ2v) is 6.88. The Balaban J connectivity index is 2.27. The van der Waals surface area contributed by atoms with Gasteiger partial charge in [-0.1, -0.05) is 22.0 Å². The van der Waals surface area contributed by atoms with Crippen molar-refractivity contribution in [2.24, 2.45) is 0 Å². The van der Waals surface area contributed by atoms with Gasteiger partial charge in [0.05, 0.1) is 12.6 Å². The number of benzene rings is 1. The molecule has 0 fully saturated rings. The molecule has 0 saturated carbocycles. The third-order valence-corrected chi connectivity index (χ3v) is 3.76. The van der Waals surface area contributed by atoms with Gasteiger partial charge in [-0.05, 0) is 50.5 Å². The van der Waals surface area contributed by atoms with Crippen LogP contribution in [0, 0.1) is 0 Å². The van der Waals surface area contributed by atoms with Crippen LogP contribution in [0.15, 0.2) is 22.7 Å². The largest absolute Gasteiger partial charge is 0.444 e. The number of rotatable bonds is 1. The summed E-state index contributed by atoms with van der Waals surface area (Å²) in [5, 5.41) is 9.68. The zero-order chi connectivity index (χ0) is 14.9. The Morgan fingerprint density at radius 1 is 1.50 bits per heavy atom. The van der Waals surface area contributed by atoms with Crippen molar-refractivity contribution in [2.75, 3.05) is 13.2 Å². The van der Waals surface area contributed by atoms with Gasteiger partial charge in [-0.15, -0.1) is 0 Å². The van der Waals surface area contributed by atoms with Crippen LogP contribution < -0.4 is 0 Å². The molecule has 20 heavy (non-hydrogen) atoms. The third kappa shape index (κ3) is 3.33. The van der Waals surface area contributed by atoms with Gasteiger partial charge < -0.3 is 9.84 Å². The van der Waals surface area contributed by atoms with E-state index in [9.17, 15) is 9.90 Å². The maximum atomic E-state index is 12.3. The second kappa shape index (κ2) is 5.74. The lowest BCUT2D eigenvalue weighted by Gasteiger charge is -2.37. The van der Waals surface area contributed by atoms with Gasteiger partial charge >= 0.3 is 6.09 Å². The van der Waals surface area contributed by atoms with E-state index in [0.29, 0.717) is 6.54 Å². The fourth-order valence-corrected chi connectivity index (χ4v) is 2.78. The quantitative estimate of drug-likeness (QED) is 0.852. The molecular weight excluding hydrogens is 322 g/mol. The van der Waals surface area contributed by atoms with Gasteiger partial charge in [0.15, 0.2) is 0 Å². The average Bonchev–Trinajstić information content (AvgIpc) is 2.35. The zero-order valence-electron chi connectivity index (χ0n) is 12.0. The second-order valence-electron chi connectivity index (χ2n) is 5.97. The lowest BCUT2D eigenvalue weighted by molar-refractivity contribution is 0.00694. The van der Waals surface area contributed by atoms with Gasteiger partial charge in [-0.25, -0.2) is 4.79 Å². The van der Waals surface area contributed by atoms with Crippen LogP contribution in [0.1, 0.15) is 37.9 Å². The van der Waals surface area contributed by atoms with Gasteiger partial charge in [-0.3, -0.25) is 4.90 Å². The summed E-state index contributed by atoms with van der Waals surface area (Å²) in [6.45, 7) is 5.98. The first-order valence-electron chi connectivity index (χ1n) is 6.70. The standard InChI is InChI=1S/C15H20BrNO3/c1-15(2,3)20-14(19)17-7-6-10-4-5-11(16)8-12(10)13(17)9-18/h4-5,8,13,18H,6-7,9H2,1-3H3. The molecular formula is C15H20BrNO3. The Hall–Kier alpha value is -1.07. The predicted octanol–water partition coefficient (Wildman–Crippen LogP) is 3.28. The summed E-state index contributed by atoms with van der Waals surface area (Å²) >= 11 is 3.44. The van der Waals surface area contributed by atoms with Crippen LogP contribution in [0.2, 0.25) is 0 Å². The molecule has 0 bridgehead atoms. The van der Waals surface area contributed by atoms with E-state index in [1.54, 1.807) is 4.90 Å². The molecule has 0 aromatic heterocycles. The van der Waals surface area contributed by atoms with Crippen LogP contribution in [0.5, 0.6) is 0 Å². The van der Waals surface area contributed by atoms with Crippen molar-refractivity contribution in [1.82, 2.24) is 4.90 Å². The highest BCUT2D eigenvalue weighted by atomic mass is 79.9. The topological polar surface area (TPSA) is 49.8 Å². The molecule has 110 valence electrons. The molecule has 1 heterocycles. The molecule has 0 spiro atoms. The molecule has 5 heteroatoms. The monoisotopic (exact) mass is 341 g/mol. The maximum absolute atomic E-state index is 12.3. The average molecular weight is 342 g/mol. The van der Waals surface area contributed by atoms with E-state index >= 15 is 0 Å². The highest BCUT2D eigenvalue weighted by Crippen LogP contribution is 2.32. The summed E-state index contributed by atoms with van der Waals surface area (Å²) in [5.41, 5.74) is 1.63. The van der Waals surface area contributed by atoms with E-state index in [0.717, 1.165) is 16.5 Å². The van der Waals surface area contributed by atoms with E-state index in [1.165, 1.54) is 5.56 Å². The zero-order valence-corrected chi connectivity index (χ0v) is 13.6. The Morgan fingerprint density at radius 3 is 2.80 bits per heavy atom. The summed E-state index contributed by atoms with van der Waals surface area (Å²) < 4.78 is 6.36. The van der Waals surface area contributed by atoms with Crippen LogP contribution in [-0.4, -0.2) is 34.9 Å². The molecule has 1 aliphatic heterocycles. The Labute approximate surface area is 127 Å². The van der Waals surface area contributed by atoms with Crippen molar-refractivity contribution >= 4 is 22.0 Å². The number of hydrogen-bond acceptors (Lipinski definition) is 3. The molecule has 1 unspecified atom stereocenters. The number of halogens is 1. The molecule has 0 aliphatic carbocycles. The molecule has 1 atom stereocenters. The Bertz CT molecular complexity index is 510. The first-order valence-corrected chi connectivity index (χ1v) is 7.50. The van der Waals surface area contributed by atoms with E-state index in [4.69, 9.17) is 4.74 Å². The Kier molecular flexibility index (Phi) is 4.39. The highest BCUT2D eigenvalue weighted by molar-refractivity contribution is 9.10. The summed E-state index contributed by atoms with van der Waals surface area (Å²) in [6, 6.07) is 5.64. The molecule has 1 aromatic rings. The van der Waals surface area contributed by atoms with Crippen LogP contribution in [0.4, 0.5) is 4.79 Å². The van der Waals surface area contributed by atoms with E-state index in [2.05, 4.69) is 15.9 Å². The van der Waals surface area contributed by atoms with Gasteiger partial charge in [-0.2, -0.15) is 0 Å². The van der Waals surface area contributed by atoms with E-state index < -0.39 is 5.60 Å². The minimum absolute atomic E-state index is 0.108. The molecule has 1 amide bonds. The van der Waals surface area contributed by atoms with Crippen molar-refractivity contribution in [3.05, 3.63) is 33.8 Å². The third-order valence-electron chi connectivity index (χ3n) is 3.27. The van der Waals surface area contributed by atoms with Crippen molar-refractivity contribution in [2.45, 2.75) is 38.8 Å². The maximum Gasteiger partial charge on any atom is 0.410 e. The van der Waals surface area contributed by atoms with Gasteiger partial charge in [0, 0.05) is 11.0 Å². The van der Waals surface area contributed by atoms with Gasteiger partial charge in [0.1, 0.15) is 5.60 Å². The van der Waals surface area contributed by atoms with E-state index in [-0.39, 0.29) is 18.7 Å². The Morgan fingerprint density at radius 2 is 2.20 bits per heavy atom. The predicted molar refractivity (Wildman–Crippen MR) is 80.6 cm³/mol. The van der Waals surface area contributed by atoms with Crippen molar-refractivity contribution in [1.29, 1.82) is 0 Å². The molecule has 1 aliphatic rings. The number of aliphatic hydroxyl groups excluding tert-OH is 1. The van der Waals surface area contributed by atoms with Crippen LogP contribution in [0.25, 0.3) is 0 Å². The van der Waals surface area contributed by atoms with E-state index in [1.807, 2.05) is 39.0 Å². The minimum atomic E-state index is -0.533.